The molecule has 9 nitrogen and oxygen atoms in total. The van der Waals surface area contributed by atoms with E-state index in [9.17, 15) is 18.0 Å². The summed E-state index contributed by atoms with van der Waals surface area (Å²) in [5, 5.41) is 3.71. The van der Waals surface area contributed by atoms with E-state index in [1.54, 1.807) is 30.4 Å². The number of aromatic nitrogens is 6. The number of aryl methyl sites for hydroxylation is 3. The first-order chi connectivity index (χ1) is 15.5. The van der Waals surface area contributed by atoms with Gasteiger partial charge < -0.3 is 9.80 Å². The number of carbonyl (C=O) groups is 1. The first kappa shape index (κ1) is 23.1. The summed E-state index contributed by atoms with van der Waals surface area (Å²) in [5.74, 6) is 1.66. The van der Waals surface area contributed by atoms with Crippen LogP contribution in [0.15, 0.2) is 12.4 Å². The van der Waals surface area contributed by atoms with Crippen molar-refractivity contribution < 1.29 is 18.0 Å². The zero-order valence-electron chi connectivity index (χ0n) is 18.6. The van der Waals surface area contributed by atoms with Gasteiger partial charge >= 0.3 is 6.18 Å². The van der Waals surface area contributed by atoms with Gasteiger partial charge in [-0.3, -0.25) is 4.79 Å². The Morgan fingerprint density at radius 3 is 2.39 bits per heavy atom. The number of amides is 1. The van der Waals surface area contributed by atoms with Crippen molar-refractivity contribution in [1.29, 1.82) is 0 Å². The monoisotopic (exact) mass is 480 g/mol. The number of thiazole rings is 1. The fraction of sp³-hybridized carbons (Fsp3) is 0.500. The lowest BCUT2D eigenvalue weighted by atomic mass is 10.1. The molecular formula is C20H23F3N8OS. The second-order valence-electron chi connectivity index (χ2n) is 7.94. The number of alkyl halides is 3. The van der Waals surface area contributed by atoms with Gasteiger partial charge in [0.25, 0.3) is 0 Å². The van der Waals surface area contributed by atoms with Crippen molar-refractivity contribution in [2.75, 3.05) is 24.5 Å². The van der Waals surface area contributed by atoms with Crippen LogP contribution in [0.3, 0.4) is 0 Å². The summed E-state index contributed by atoms with van der Waals surface area (Å²) in [6.07, 6.45) is -1.60. The molecule has 1 aliphatic heterocycles. The molecule has 0 aliphatic carbocycles. The Hall–Kier alpha value is -3.09. The number of piperazine rings is 1. The summed E-state index contributed by atoms with van der Waals surface area (Å²) in [6.45, 7) is 8.32. The lowest BCUT2D eigenvalue weighted by Crippen LogP contribution is -2.54. The standard InChI is InChI=1S/C20H23F3N8OS/c1-11-9-29(5-6-30(11)16(32)10-31-14(4)26-13(3)28-31)18-17(15-7-24-12(2)25-8-15)27-19(33-18)20(21,22)23/h7-8,11H,5-6,9-10H2,1-4H3. The fourth-order valence-corrected chi connectivity index (χ4v) is 4.78. The Morgan fingerprint density at radius 2 is 1.82 bits per heavy atom. The third-order valence-corrected chi connectivity index (χ3v) is 6.55. The zero-order chi connectivity index (χ0) is 23.9. The maximum atomic E-state index is 13.4. The smallest absolute Gasteiger partial charge is 0.358 e. The molecule has 1 unspecified atom stereocenters. The summed E-state index contributed by atoms with van der Waals surface area (Å²) < 4.78 is 41.9. The highest BCUT2D eigenvalue weighted by atomic mass is 32.1. The molecule has 1 fully saturated rings. The maximum absolute atomic E-state index is 13.4. The van der Waals surface area contributed by atoms with Crippen LogP contribution in [0.1, 0.15) is 29.4 Å². The predicted octanol–water partition coefficient (Wildman–Crippen LogP) is 2.87. The third kappa shape index (κ3) is 4.82. The molecule has 1 aliphatic rings. The van der Waals surface area contributed by atoms with Crippen LogP contribution in [0.25, 0.3) is 11.3 Å². The highest BCUT2D eigenvalue weighted by Gasteiger charge is 2.38. The summed E-state index contributed by atoms with van der Waals surface area (Å²) in [5.41, 5.74) is 0.624. The van der Waals surface area contributed by atoms with Gasteiger partial charge in [-0.15, -0.1) is 0 Å². The van der Waals surface area contributed by atoms with Gasteiger partial charge in [-0.05, 0) is 27.7 Å². The number of rotatable bonds is 4. The first-order valence-electron chi connectivity index (χ1n) is 10.3. The molecule has 1 amide bonds. The molecular weight excluding hydrogens is 457 g/mol. The van der Waals surface area contributed by atoms with Gasteiger partial charge in [0.05, 0.1) is 0 Å². The number of carbonyl (C=O) groups excluding carboxylic acids is 1. The van der Waals surface area contributed by atoms with Gasteiger partial charge in [0, 0.05) is 43.6 Å². The molecule has 3 aromatic rings. The van der Waals surface area contributed by atoms with E-state index in [-0.39, 0.29) is 24.2 Å². The van der Waals surface area contributed by atoms with E-state index in [0.29, 0.717) is 59.0 Å². The van der Waals surface area contributed by atoms with Crippen LogP contribution in [0.2, 0.25) is 0 Å². The third-order valence-electron chi connectivity index (χ3n) is 5.39. The van der Waals surface area contributed by atoms with Crippen LogP contribution >= 0.6 is 11.3 Å². The van der Waals surface area contributed by atoms with E-state index < -0.39 is 11.2 Å². The number of hydrogen-bond acceptors (Lipinski definition) is 8. The van der Waals surface area contributed by atoms with Crippen LogP contribution in [0, 0.1) is 20.8 Å². The van der Waals surface area contributed by atoms with Gasteiger partial charge in [0.15, 0.2) is 0 Å². The van der Waals surface area contributed by atoms with Crippen molar-refractivity contribution in [3.05, 3.63) is 34.9 Å². The van der Waals surface area contributed by atoms with Crippen LogP contribution in [-0.4, -0.2) is 66.2 Å². The van der Waals surface area contributed by atoms with Crippen LogP contribution in [0.4, 0.5) is 18.2 Å². The molecule has 33 heavy (non-hydrogen) atoms. The van der Waals surface area contributed by atoms with Crippen molar-refractivity contribution in [2.45, 2.75) is 46.5 Å². The van der Waals surface area contributed by atoms with Crippen molar-refractivity contribution in [3.63, 3.8) is 0 Å². The van der Waals surface area contributed by atoms with Gasteiger partial charge in [0.2, 0.25) is 10.9 Å². The van der Waals surface area contributed by atoms with Crippen molar-refractivity contribution in [1.82, 2.24) is 34.6 Å². The summed E-state index contributed by atoms with van der Waals surface area (Å²) in [7, 11) is 0. The van der Waals surface area contributed by atoms with E-state index in [2.05, 4.69) is 25.0 Å². The second kappa shape index (κ2) is 8.69. The van der Waals surface area contributed by atoms with E-state index in [1.807, 2.05) is 11.8 Å². The molecule has 0 bridgehead atoms. The molecule has 4 rings (SSSR count). The van der Waals surface area contributed by atoms with E-state index in [0.717, 1.165) is 0 Å². The Kier molecular flexibility index (Phi) is 6.08. The number of anilines is 1. The predicted molar refractivity (Wildman–Crippen MR) is 116 cm³/mol. The van der Waals surface area contributed by atoms with Gasteiger partial charge in [-0.1, -0.05) is 11.3 Å². The molecule has 0 saturated carbocycles. The van der Waals surface area contributed by atoms with Gasteiger partial charge in [-0.2, -0.15) is 18.3 Å². The van der Waals surface area contributed by atoms with Gasteiger partial charge in [-0.25, -0.2) is 24.6 Å². The van der Waals surface area contributed by atoms with Crippen molar-refractivity contribution in [3.8, 4) is 11.3 Å². The number of hydrogen-bond donors (Lipinski definition) is 0. The molecule has 3 aromatic heterocycles. The zero-order valence-corrected chi connectivity index (χ0v) is 19.4. The maximum Gasteiger partial charge on any atom is 0.443 e. The topological polar surface area (TPSA) is 92.9 Å². The Morgan fingerprint density at radius 1 is 1.12 bits per heavy atom. The van der Waals surface area contributed by atoms with Crippen LogP contribution in [0.5, 0.6) is 0 Å². The SMILES string of the molecule is Cc1ncc(-c2nc(C(F)(F)F)sc2N2CCN(C(=O)Cn3nc(C)nc3C)C(C)C2)cn1. The quantitative estimate of drug-likeness (QED) is 0.567. The lowest BCUT2D eigenvalue weighted by Gasteiger charge is -2.40. The molecule has 13 heteroatoms. The minimum Gasteiger partial charge on any atom is -0.358 e. The second-order valence-corrected chi connectivity index (χ2v) is 8.91. The Bertz CT molecular complexity index is 1160. The fourth-order valence-electron chi connectivity index (χ4n) is 3.79. The van der Waals surface area contributed by atoms with Crippen molar-refractivity contribution in [2.24, 2.45) is 0 Å². The highest BCUT2D eigenvalue weighted by Crippen LogP contribution is 2.42. The number of nitrogens with zero attached hydrogens (tertiary/aromatic N) is 8. The highest BCUT2D eigenvalue weighted by molar-refractivity contribution is 7.16. The normalized spacial score (nSPS) is 17.0. The molecule has 0 radical (unpaired) electrons. The first-order valence-corrected chi connectivity index (χ1v) is 11.1. The molecule has 176 valence electrons. The Labute approximate surface area is 192 Å². The van der Waals surface area contributed by atoms with Gasteiger partial charge in [0.1, 0.15) is 34.7 Å². The molecule has 0 spiro atoms. The molecule has 0 aromatic carbocycles. The van der Waals surface area contributed by atoms with E-state index in [1.165, 1.54) is 12.4 Å². The molecule has 4 heterocycles. The average molecular weight is 481 g/mol. The Balaban J connectivity index is 1.56. The molecule has 0 N–H and O–H groups in total. The van der Waals surface area contributed by atoms with Crippen LogP contribution < -0.4 is 4.90 Å². The minimum atomic E-state index is -4.56. The van der Waals surface area contributed by atoms with E-state index >= 15 is 0 Å². The average Bonchev–Trinajstić information content (AvgIpc) is 3.32. The van der Waals surface area contributed by atoms with Crippen LogP contribution in [-0.2, 0) is 17.5 Å². The number of halogens is 3. The summed E-state index contributed by atoms with van der Waals surface area (Å²) in [4.78, 5) is 32.7. The summed E-state index contributed by atoms with van der Waals surface area (Å²) in [6, 6.07) is -0.213. The molecule has 1 saturated heterocycles. The molecule has 1 atom stereocenters. The van der Waals surface area contributed by atoms with E-state index in [4.69, 9.17) is 0 Å². The lowest BCUT2D eigenvalue weighted by molar-refractivity contribution is -0.137. The van der Waals surface area contributed by atoms with Crippen molar-refractivity contribution >= 4 is 22.2 Å². The largest absolute Gasteiger partial charge is 0.443 e. The minimum absolute atomic E-state index is 0.0712. The summed E-state index contributed by atoms with van der Waals surface area (Å²) >= 11 is 0.599.